The zero-order chi connectivity index (χ0) is 20.2. The van der Waals surface area contributed by atoms with Gasteiger partial charge in [-0.25, -0.2) is 10.4 Å². The van der Waals surface area contributed by atoms with E-state index in [0.29, 0.717) is 5.56 Å². The minimum absolute atomic E-state index is 0.257. The van der Waals surface area contributed by atoms with Crippen molar-refractivity contribution >= 4 is 22.5 Å². The van der Waals surface area contributed by atoms with Crippen LogP contribution in [0.5, 0.6) is 0 Å². The lowest BCUT2D eigenvalue weighted by atomic mass is 10.0. The molecule has 0 saturated carbocycles. The van der Waals surface area contributed by atoms with E-state index in [2.05, 4.69) is 10.5 Å². The van der Waals surface area contributed by atoms with Gasteiger partial charge >= 0.3 is 0 Å². The molecule has 1 aromatic heterocycles. The van der Waals surface area contributed by atoms with Gasteiger partial charge in [0.25, 0.3) is 5.91 Å². The number of carbonyl (C=O) groups is 1. The molecule has 4 rings (SSSR count). The van der Waals surface area contributed by atoms with Gasteiger partial charge in [0, 0.05) is 10.9 Å². The Morgan fingerprint density at radius 1 is 0.897 bits per heavy atom. The molecule has 0 bridgehead atoms. The number of hydrogen-bond acceptors (Lipinski definition) is 3. The molecule has 0 saturated heterocycles. The lowest BCUT2D eigenvalue weighted by Crippen LogP contribution is -2.20. The standard InChI is InChI=1S/C25H21N3O/c1-17-12-14-20(15-13-17)24-16-22(21-10-6-7-11-23(21)26-24)25(29)28-27-18(2)19-8-4-3-5-9-19/h3-16H,1-2H3,(H,28,29). The van der Waals surface area contributed by atoms with Gasteiger partial charge in [0.05, 0.1) is 22.5 Å². The van der Waals surface area contributed by atoms with Gasteiger partial charge in [0.15, 0.2) is 0 Å². The van der Waals surface area contributed by atoms with Crippen LogP contribution < -0.4 is 5.43 Å². The normalized spacial score (nSPS) is 11.4. The number of hydrogen-bond donors (Lipinski definition) is 1. The number of benzene rings is 3. The van der Waals surface area contributed by atoms with Crippen molar-refractivity contribution in [2.75, 3.05) is 0 Å². The summed E-state index contributed by atoms with van der Waals surface area (Å²) in [6, 6.07) is 27.4. The van der Waals surface area contributed by atoms with Gasteiger partial charge in [0.1, 0.15) is 0 Å². The molecular weight excluding hydrogens is 358 g/mol. The summed E-state index contributed by atoms with van der Waals surface area (Å²) in [5.41, 5.74) is 8.65. The van der Waals surface area contributed by atoms with Crippen LogP contribution in [0.1, 0.15) is 28.4 Å². The molecule has 1 amide bonds. The predicted molar refractivity (Wildman–Crippen MR) is 118 cm³/mol. The van der Waals surface area contributed by atoms with E-state index < -0.39 is 0 Å². The summed E-state index contributed by atoms with van der Waals surface area (Å²) in [6.45, 7) is 3.92. The van der Waals surface area contributed by atoms with E-state index in [1.165, 1.54) is 5.56 Å². The largest absolute Gasteiger partial charge is 0.272 e. The Labute approximate surface area is 169 Å². The minimum atomic E-state index is -0.257. The van der Waals surface area contributed by atoms with Crippen LogP contribution in [0.2, 0.25) is 0 Å². The van der Waals surface area contributed by atoms with E-state index in [0.717, 1.165) is 33.4 Å². The van der Waals surface area contributed by atoms with Crippen LogP contribution in [0, 0.1) is 6.92 Å². The van der Waals surface area contributed by atoms with Crippen molar-refractivity contribution in [3.63, 3.8) is 0 Å². The number of aryl methyl sites for hydroxylation is 1. The molecule has 0 fully saturated rings. The van der Waals surface area contributed by atoms with Gasteiger partial charge in [0.2, 0.25) is 0 Å². The fourth-order valence-corrected chi connectivity index (χ4v) is 3.17. The maximum Gasteiger partial charge on any atom is 0.272 e. The van der Waals surface area contributed by atoms with Crippen LogP contribution in [0.15, 0.2) is 90.0 Å². The zero-order valence-corrected chi connectivity index (χ0v) is 16.4. The van der Waals surface area contributed by atoms with Crippen LogP contribution in [0.3, 0.4) is 0 Å². The second kappa shape index (κ2) is 8.07. The lowest BCUT2D eigenvalue weighted by Gasteiger charge is -2.10. The van der Waals surface area contributed by atoms with Crippen LogP contribution >= 0.6 is 0 Å². The van der Waals surface area contributed by atoms with Crippen LogP contribution in [-0.4, -0.2) is 16.6 Å². The second-order valence-corrected chi connectivity index (χ2v) is 6.94. The van der Waals surface area contributed by atoms with Gasteiger partial charge in [-0.2, -0.15) is 5.10 Å². The summed E-state index contributed by atoms with van der Waals surface area (Å²) < 4.78 is 0. The number of nitrogens with zero attached hydrogens (tertiary/aromatic N) is 2. The molecule has 4 heteroatoms. The molecule has 142 valence electrons. The maximum atomic E-state index is 13.0. The maximum absolute atomic E-state index is 13.0. The van der Waals surface area contributed by atoms with Crippen LogP contribution in [0.25, 0.3) is 22.2 Å². The molecule has 1 heterocycles. The Morgan fingerprint density at radius 3 is 2.34 bits per heavy atom. The first-order valence-corrected chi connectivity index (χ1v) is 9.49. The number of pyridine rings is 1. The SMILES string of the molecule is CC(=NNC(=O)c1cc(-c2ccc(C)cc2)nc2ccccc12)c1ccccc1. The van der Waals surface area contributed by atoms with Crippen molar-refractivity contribution in [1.82, 2.24) is 10.4 Å². The van der Waals surface area contributed by atoms with Gasteiger partial charge < -0.3 is 0 Å². The van der Waals surface area contributed by atoms with E-state index in [1.54, 1.807) is 0 Å². The topological polar surface area (TPSA) is 54.4 Å². The van der Waals surface area contributed by atoms with Crippen molar-refractivity contribution in [3.8, 4) is 11.3 Å². The first kappa shape index (κ1) is 18.6. The number of para-hydroxylation sites is 1. The second-order valence-electron chi connectivity index (χ2n) is 6.94. The van der Waals surface area contributed by atoms with Gasteiger partial charge in [-0.3, -0.25) is 4.79 Å². The first-order valence-electron chi connectivity index (χ1n) is 9.49. The summed E-state index contributed by atoms with van der Waals surface area (Å²) in [4.78, 5) is 17.7. The first-order chi connectivity index (χ1) is 14.1. The average molecular weight is 379 g/mol. The molecule has 0 aliphatic rings. The van der Waals surface area contributed by atoms with Crippen molar-refractivity contribution < 1.29 is 4.79 Å². The van der Waals surface area contributed by atoms with E-state index in [4.69, 9.17) is 4.98 Å². The number of hydrazone groups is 1. The molecule has 0 aliphatic heterocycles. The quantitative estimate of drug-likeness (QED) is 0.383. The number of carbonyl (C=O) groups excluding carboxylic acids is 1. The molecule has 0 radical (unpaired) electrons. The summed E-state index contributed by atoms with van der Waals surface area (Å²) in [7, 11) is 0. The molecule has 0 atom stereocenters. The highest BCUT2D eigenvalue weighted by molar-refractivity contribution is 6.08. The Bertz CT molecular complexity index is 1200. The smallest absolute Gasteiger partial charge is 0.267 e. The predicted octanol–water partition coefficient (Wildman–Crippen LogP) is 5.36. The summed E-state index contributed by atoms with van der Waals surface area (Å²) in [5.74, 6) is -0.257. The number of fused-ring (bicyclic) bond motifs is 1. The average Bonchev–Trinajstić information content (AvgIpc) is 2.77. The number of aromatic nitrogens is 1. The summed E-state index contributed by atoms with van der Waals surface area (Å²) >= 11 is 0. The van der Waals surface area contributed by atoms with Crippen LogP contribution in [0.4, 0.5) is 0 Å². The highest BCUT2D eigenvalue weighted by Gasteiger charge is 2.14. The molecule has 4 nitrogen and oxygen atoms in total. The lowest BCUT2D eigenvalue weighted by molar-refractivity contribution is 0.0956. The Balaban J connectivity index is 1.72. The van der Waals surface area contributed by atoms with Gasteiger partial charge in [-0.05, 0) is 31.5 Å². The number of amides is 1. The van der Waals surface area contributed by atoms with Crippen molar-refractivity contribution in [1.29, 1.82) is 0 Å². The Kier molecular flexibility index (Phi) is 5.16. The minimum Gasteiger partial charge on any atom is -0.267 e. The monoisotopic (exact) mass is 379 g/mol. The zero-order valence-electron chi connectivity index (χ0n) is 16.4. The summed E-state index contributed by atoms with van der Waals surface area (Å²) in [5, 5.41) is 5.09. The van der Waals surface area contributed by atoms with Gasteiger partial charge in [-0.15, -0.1) is 0 Å². The molecule has 4 aromatic rings. The highest BCUT2D eigenvalue weighted by Crippen LogP contribution is 2.25. The molecular formula is C25H21N3O. The molecule has 29 heavy (non-hydrogen) atoms. The molecule has 0 aliphatic carbocycles. The molecule has 0 unspecified atom stereocenters. The van der Waals surface area contributed by atoms with E-state index >= 15 is 0 Å². The number of rotatable bonds is 4. The molecule has 1 N–H and O–H groups in total. The highest BCUT2D eigenvalue weighted by atomic mass is 16.2. The van der Waals surface area contributed by atoms with E-state index in [9.17, 15) is 4.79 Å². The third-order valence-electron chi connectivity index (χ3n) is 4.82. The van der Waals surface area contributed by atoms with Gasteiger partial charge in [-0.1, -0.05) is 78.4 Å². The summed E-state index contributed by atoms with van der Waals surface area (Å²) in [6.07, 6.45) is 0. The van der Waals surface area contributed by atoms with Crippen molar-refractivity contribution in [2.45, 2.75) is 13.8 Å². The van der Waals surface area contributed by atoms with E-state index in [1.807, 2.05) is 98.8 Å². The van der Waals surface area contributed by atoms with Crippen LogP contribution in [-0.2, 0) is 0 Å². The van der Waals surface area contributed by atoms with E-state index in [-0.39, 0.29) is 5.91 Å². The Morgan fingerprint density at radius 2 is 1.59 bits per heavy atom. The van der Waals surface area contributed by atoms with Crippen molar-refractivity contribution in [2.24, 2.45) is 5.10 Å². The fourth-order valence-electron chi connectivity index (χ4n) is 3.17. The third kappa shape index (κ3) is 4.06. The van der Waals surface area contributed by atoms with Crippen molar-refractivity contribution in [3.05, 3.63) is 102 Å². The Hall–Kier alpha value is -3.79. The number of nitrogens with one attached hydrogen (secondary N) is 1. The third-order valence-corrected chi connectivity index (χ3v) is 4.82. The fraction of sp³-hybridized carbons (Fsp3) is 0.0800. The molecule has 3 aromatic carbocycles. The molecule has 0 spiro atoms.